The number of hydrogen-bond donors (Lipinski definition) is 2. The van der Waals surface area contributed by atoms with E-state index in [4.69, 9.17) is 0 Å². The lowest BCUT2D eigenvalue weighted by Gasteiger charge is -2.44. The van der Waals surface area contributed by atoms with Crippen molar-refractivity contribution in [2.45, 2.75) is 32.5 Å². The van der Waals surface area contributed by atoms with E-state index >= 15 is 0 Å². The molecule has 0 bridgehead atoms. The maximum absolute atomic E-state index is 14.0. The molecule has 30 heavy (non-hydrogen) atoms. The first-order valence-electron chi connectivity index (χ1n) is 9.35. The topological polar surface area (TPSA) is 69.7 Å². The van der Waals surface area contributed by atoms with Gasteiger partial charge in [0.25, 0.3) is 5.91 Å². The number of nitrogens with one attached hydrogen (secondary N) is 1. The normalized spacial score (nSPS) is 19.9. The standard InChI is InChI=1S/C20H22F3N3O3S/c1-12-9-25(11-15-7-18(22)19(23)8-17(15)21)10-13(2)26(12)20(27)14-3-5-16(6-4-14)24-30(28)29/h3-8,12-13,30H,9-11H2,1-2H3,(H,24,28,29). The number of nitrogens with zero attached hydrogens (tertiary/aromatic N) is 2. The quantitative estimate of drug-likeness (QED) is 0.553. The zero-order valence-electron chi connectivity index (χ0n) is 16.4. The number of anilines is 1. The van der Waals surface area contributed by atoms with Crippen LogP contribution in [-0.2, 0) is 17.4 Å². The van der Waals surface area contributed by atoms with Crippen LogP contribution >= 0.6 is 0 Å². The predicted octanol–water partition coefficient (Wildman–Crippen LogP) is 2.78. The van der Waals surface area contributed by atoms with Gasteiger partial charge in [0.1, 0.15) is 5.82 Å². The Bertz CT molecular complexity index is 994. The van der Waals surface area contributed by atoms with E-state index in [0.717, 1.165) is 6.07 Å². The highest BCUT2D eigenvalue weighted by molar-refractivity contribution is 7.73. The summed E-state index contributed by atoms with van der Waals surface area (Å²) in [4.78, 5) is 16.6. The maximum atomic E-state index is 14.0. The Morgan fingerprint density at radius 1 is 1.00 bits per heavy atom. The van der Waals surface area contributed by atoms with Gasteiger partial charge in [0.2, 0.25) is 10.9 Å². The lowest BCUT2D eigenvalue weighted by Crippen LogP contribution is -2.58. The largest absolute Gasteiger partial charge is 0.331 e. The molecule has 1 amide bonds. The van der Waals surface area contributed by atoms with Gasteiger partial charge in [-0.05, 0) is 44.2 Å². The highest BCUT2D eigenvalue weighted by atomic mass is 32.2. The Labute approximate surface area is 174 Å². The van der Waals surface area contributed by atoms with Gasteiger partial charge in [0, 0.05) is 54.6 Å². The molecule has 0 radical (unpaired) electrons. The summed E-state index contributed by atoms with van der Waals surface area (Å²) in [5.41, 5.74) is 0.843. The van der Waals surface area contributed by atoms with Gasteiger partial charge in [-0.15, -0.1) is 0 Å². The Balaban J connectivity index is 1.70. The Morgan fingerprint density at radius 2 is 1.57 bits per heavy atom. The van der Waals surface area contributed by atoms with E-state index in [9.17, 15) is 26.4 Å². The van der Waals surface area contributed by atoms with Gasteiger partial charge in [-0.1, -0.05) is 0 Å². The van der Waals surface area contributed by atoms with Crippen LogP contribution in [-0.4, -0.2) is 49.3 Å². The summed E-state index contributed by atoms with van der Waals surface area (Å²) in [6.07, 6.45) is 0. The van der Waals surface area contributed by atoms with E-state index in [2.05, 4.69) is 4.72 Å². The molecular weight excluding hydrogens is 419 g/mol. The molecule has 1 saturated heterocycles. The third kappa shape index (κ3) is 4.93. The second-order valence-corrected chi connectivity index (χ2v) is 8.15. The zero-order valence-corrected chi connectivity index (χ0v) is 17.3. The van der Waals surface area contributed by atoms with Crippen molar-refractivity contribution in [3.05, 3.63) is 65.0 Å². The number of thiol groups is 1. The molecule has 0 aromatic heterocycles. The van der Waals surface area contributed by atoms with Gasteiger partial charge < -0.3 is 4.90 Å². The Hall–Kier alpha value is -2.59. The molecule has 0 spiro atoms. The Morgan fingerprint density at radius 3 is 2.13 bits per heavy atom. The summed E-state index contributed by atoms with van der Waals surface area (Å²) in [6.45, 7) is 4.70. The highest BCUT2D eigenvalue weighted by Gasteiger charge is 2.33. The molecule has 162 valence electrons. The minimum atomic E-state index is -2.78. The monoisotopic (exact) mass is 441 g/mol. The summed E-state index contributed by atoms with van der Waals surface area (Å²) in [6, 6.07) is 7.11. The van der Waals surface area contributed by atoms with Crippen molar-refractivity contribution in [1.82, 2.24) is 9.80 Å². The van der Waals surface area contributed by atoms with Crippen LogP contribution in [0.5, 0.6) is 0 Å². The first-order chi connectivity index (χ1) is 14.2. The lowest BCUT2D eigenvalue weighted by atomic mass is 10.0. The fraction of sp³-hybridized carbons (Fsp3) is 0.350. The van der Waals surface area contributed by atoms with Gasteiger partial charge >= 0.3 is 0 Å². The molecule has 10 heteroatoms. The molecule has 2 aromatic carbocycles. The molecule has 2 aromatic rings. The van der Waals surface area contributed by atoms with Gasteiger partial charge in [0.05, 0.1) is 0 Å². The SMILES string of the molecule is CC1CN(Cc2cc(F)c(F)cc2F)CC(C)N1C(=O)c1ccc(N[SH](=O)=O)cc1. The average Bonchev–Trinajstić information content (AvgIpc) is 2.65. The molecule has 1 fully saturated rings. The Kier molecular flexibility index (Phi) is 6.67. The van der Waals surface area contributed by atoms with E-state index in [0.29, 0.717) is 30.4 Å². The van der Waals surface area contributed by atoms with Gasteiger partial charge in [0.15, 0.2) is 11.6 Å². The van der Waals surface area contributed by atoms with Crippen LogP contribution in [0.4, 0.5) is 18.9 Å². The molecule has 3 rings (SSSR count). The highest BCUT2D eigenvalue weighted by Crippen LogP contribution is 2.23. The lowest BCUT2D eigenvalue weighted by molar-refractivity contribution is 0.0265. The molecule has 0 saturated carbocycles. The molecule has 2 unspecified atom stereocenters. The van der Waals surface area contributed by atoms with E-state index in [1.165, 1.54) is 12.1 Å². The summed E-state index contributed by atoms with van der Waals surface area (Å²) in [7, 11) is -2.78. The molecule has 2 atom stereocenters. The fourth-order valence-electron chi connectivity index (χ4n) is 3.83. The molecule has 1 aliphatic rings. The number of piperazine rings is 1. The average molecular weight is 441 g/mol. The smallest absolute Gasteiger partial charge is 0.254 e. The van der Waals surface area contributed by atoms with Crippen molar-refractivity contribution in [3.8, 4) is 0 Å². The van der Waals surface area contributed by atoms with Crippen LogP contribution in [0.25, 0.3) is 0 Å². The zero-order chi connectivity index (χ0) is 22.0. The minimum Gasteiger partial charge on any atom is -0.331 e. The summed E-state index contributed by atoms with van der Waals surface area (Å²) in [5, 5.41) is 0. The van der Waals surface area contributed by atoms with Crippen molar-refractivity contribution in [2.24, 2.45) is 0 Å². The van der Waals surface area contributed by atoms with Crippen molar-refractivity contribution in [3.63, 3.8) is 0 Å². The maximum Gasteiger partial charge on any atom is 0.254 e. The first kappa shape index (κ1) is 22.1. The van der Waals surface area contributed by atoms with Gasteiger partial charge in [-0.2, -0.15) is 0 Å². The van der Waals surface area contributed by atoms with Gasteiger partial charge in [-0.25, -0.2) is 21.6 Å². The number of benzene rings is 2. The fourth-order valence-corrected chi connectivity index (χ4v) is 4.19. The van der Waals surface area contributed by atoms with E-state index < -0.39 is 28.3 Å². The molecular formula is C20H22F3N3O3S. The van der Waals surface area contributed by atoms with Crippen LogP contribution in [0.2, 0.25) is 0 Å². The van der Waals surface area contributed by atoms with E-state index in [1.54, 1.807) is 17.0 Å². The number of hydrogen-bond acceptors (Lipinski definition) is 4. The van der Waals surface area contributed by atoms with Gasteiger partial charge in [-0.3, -0.25) is 14.4 Å². The number of rotatable bonds is 5. The van der Waals surface area contributed by atoms with Crippen molar-refractivity contribution in [1.29, 1.82) is 0 Å². The number of carbonyl (C=O) groups is 1. The summed E-state index contributed by atoms with van der Waals surface area (Å²) in [5.74, 6) is -3.33. The first-order valence-corrected chi connectivity index (χ1v) is 10.5. The second-order valence-electron chi connectivity index (χ2n) is 7.41. The van der Waals surface area contributed by atoms with Crippen LogP contribution < -0.4 is 4.72 Å². The van der Waals surface area contributed by atoms with Crippen molar-refractivity contribution < 1.29 is 26.4 Å². The molecule has 1 N–H and O–H groups in total. The summed E-state index contributed by atoms with van der Waals surface area (Å²) < 4.78 is 64.3. The van der Waals surface area contributed by atoms with Crippen molar-refractivity contribution >= 4 is 22.5 Å². The third-order valence-corrected chi connectivity index (χ3v) is 5.51. The second kappa shape index (κ2) is 9.05. The van der Waals surface area contributed by atoms with E-state index in [1.807, 2.05) is 18.7 Å². The predicted molar refractivity (Wildman–Crippen MR) is 107 cm³/mol. The minimum absolute atomic E-state index is 0.0628. The molecule has 1 aliphatic heterocycles. The molecule has 0 aliphatic carbocycles. The van der Waals surface area contributed by atoms with Crippen molar-refractivity contribution in [2.75, 3.05) is 17.8 Å². The molecule has 1 heterocycles. The molecule has 6 nitrogen and oxygen atoms in total. The third-order valence-electron chi connectivity index (χ3n) is 5.06. The number of carbonyl (C=O) groups excluding carboxylic acids is 1. The van der Waals surface area contributed by atoms with Crippen LogP contribution in [0.3, 0.4) is 0 Å². The number of amides is 1. The summed E-state index contributed by atoms with van der Waals surface area (Å²) >= 11 is 0. The number of halogens is 3. The van der Waals surface area contributed by atoms with Crippen LogP contribution in [0, 0.1) is 17.5 Å². The van der Waals surface area contributed by atoms with Crippen LogP contribution in [0.1, 0.15) is 29.8 Å². The van der Waals surface area contributed by atoms with E-state index in [-0.39, 0.29) is 30.1 Å². The van der Waals surface area contributed by atoms with Crippen LogP contribution in [0.15, 0.2) is 36.4 Å².